The molecular formula is C20H25FN2O3. The number of methoxy groups -OCH3 is 1. The summed E-state index contributed by atoms with van der Waals surface area (Å²) in [5, 5.41) is 2.88. The van der Waals surface area contributed by atoms with Gasteiger partial charge in [-0.2, -0.15) is 0 Å². The summed E-state index contributed by atoms with van der Waals surface area (Å²) in [5.74, 6) is 0.839. The van der Waals surface area contributed by atoms with Crippen LogP contribution in [0.1, 0.15) is 13.3 Å². The molecule has 6 heteroatoms. The topological polar surface area (TPSA) is 50.8 Å². The van der Waals surface area contributed by atoms with Crippen LogP contribution in [0.25, 0.3) is 0 Å². The lowest BCUT2D eigenvalue weighted by Gasteiger charge is -2.21. The molecule has 0 radical (unpaired) electrons. The fourth-order valence-electron chi connectivity index (χ4n) is 2.55. The normalized spacial score (nSPS) is 10.6. The Morgan fingerprint density at radius 2 is 1.85 bits per heavy atom. The number of carbonyl (C=O) groups is 1. The van der Waals surface area contributed by atoms with E-state index in [1.807, 2.05) is 17.0 Å². The van der Waals surface area contributed by atoms with Crippen LogP contribution in [0.5, 0.6) is 11.5 Å². The fourth-order valence-corrected chi connectivity index (χ4v) is 2.55. The van der Waals surface area contributed by atoms with Gasteiger partial charge in [0.2, 0.25) is 5.91 Å². The van der Waals surface area contributed by atoms with Crippen LogP contribution in [0, 0.1) is 5.82 Å². The van der Waals surface area contributed by atoms with Crippen molar-refractivity contribution in [2.45, 2.75) is 13.3 Å². The number of nitrogens with zero attached hydrogens (tertiary/aromatic N) is 1. The van der Waals surface area contributed by atoms with Gasteiger partial charge < -0.3 is 14.8 Å². The minimum Gasteiger partial charge on any atom is -0.495 e. The summed E-state index contributed by atoms with van der Waals surface area (Å²) in [4.78, 5) is 14.4. The van der Waals surface area contributed by atoms with Gasteiger partial charge in [-0.15, -0.1) is 0 Å². The third kappa shape index (κ3) is 6.37. The van der Waals surface area contributed by atoms with Crippen LogP contribution in [-0.2, 0) is 4.79 Å². The van der Waals surface area contributed by atoms with Gasteiger partial charge in [0.1, 0.15) is 23.9 Å². The van der Waals surface area contributed by atoms with Crippen molar-refractivity contribution >= 4 is 11.6 Å². The van der Waals surface area contributed by atoms with Gasteiger partial charge in [-0.3, -0.25) is 9.69 Å². The molecule has 0 atom stereocenters. The summed E-state index contributed by atoms with van der Waals surface area (Å²) >= 11 is 0. The van der Waals surface area contributed by atoms with Crippen molar-refractivity contribution in [1.82, 2.24) is 4.90 Å². The second-order valence-electron chi connectivity index (χ2n) is 5.83. The van der Waals surface area contributed by atoms with Crippen molar-refractivity contribution in [2.24, 2.45) is 0 Å². The maximum Gasteiger partial charge on any atom is 0.238 e. The second kappa shape index (κ2) is 10.4. The van der Waals surface area contributed by atoms with Gasteiger partial charge in [0.25, 0.3) is 0 Å². The quantitative estimate of drug-likeness (QED) is 0.704. The van der Waals surface area contributed by atoms with Crippen LogP contribution in [0.3, 0.4) is 0 Å². The van der Waals surface area contributed by atoms with Gasteiger partial charge in [0.15, 0.2) is 0 Å². The molecule has 0 aliphatic carbocycles. The van der Waals surface area contributed by atoms with Crippen LogP contribution < -0.4 is 14.8 Å². The third-order valence-electron chi connectivity index (χ3n) is 3.78. The Hall–Kier alpha value is -2.60. The average Bonchev–Trinajstić information content (AvgIpc) is 2.64. The molecule has 0 heterocycles. The summed E-state index contributed by atoms with van der Waals surface area (Å²) in [6.07, 6.45) is 0.929. The number of para-hydroxylation sites is 2. The minimum atomic E-state index is -0.294. The van der Waals surface area contributed by atoms with Crippen LogP contribution in [0.2, 0.25) is 0 Å². The molecule has 0 spiro atoms. The zero-order valence-electron chi connectivity index (χ0n) is 15.2. The summed E-state index contributed by atoms with van der Waals surface area (Å²) in [6, 6.07) is 13.2. The van der Waals surface area contributed by atoms with E-state index in [0.29, 0.717) is 30.3 Å². The Labute approximate surface area is 153 Å². The average molecular weight is 360 g/mol. The molecule has 0 aromatic heterocycles. The molecule has 0 unspecified atom stereocenters. The van der Waals surface area contributed by atoms with E-state index in [0.717, 1.165) is 13.0 Å². The van der Waals surface area contributed by atoms with Crippen LogP contribution in [-0.4, -0.2) is 44.2 Å². The zero-order chi connectivity index (χ0) is 18.8. The Bertz CT molecular complexity index is 692. The highest BCUT2D eigenvalue weighted by molar-refractivity contribution is 5.93. The zero-order valence-corrected chi connectivity index (χ0v) is 15.2. The first-order valence-corrected chi connectivity index (χ1v) is 8.66. The Morgan fingerprint density at radius 1 is 1.12 bits per heavy atom. The molecule has 0 aliphatic heterocycles. The van der Waals surface area contributed by atoms with Crippen molar-refractivity contribution < 1.29 is 18.7 Å². The van der Waals surface area contributed by atoms with Crippen molar-refractivity contribution in [3.05, 3.63) is 54.3 Å². The molecule has 0 aliphatic rings. The molecule has 140 valence electrons. The van der Waals surface area contributed by atoms with Crippen molar-refractivity contribution in [3.8, 4) is 11.5 Å². The number of nitrogens with one attached hydrogen (secondary N) is 1. The van der Waals surface area contributed by atoms with Gasteiger partial charge in [-0.25, -0.2) is 4.39 Å². The number of hydrogen-bond acceptors (Lipinski definition) is 4. The molecule has 5 nitrogen and oxygen atoms in total. The van der Waals surface area contributed by atoms with Crippen LogP contribution in [0.4, 0.5) is 10.1 Å². The highest BCUT2D eigenvalue weighted by atomic mass is 19.1. The van der Waals surface area contributed by atoms with Gasteiger partial charge in [0.05, 0.1) is 19.3 Å². The lowest BCUT2D eigenvalue weighted by Crippen LogP contribution is -2.36. The first-order chi connectivity index (χ1) is 12.6. The maximum absolute atomic E-state index is 12.9. The van der Waals surface area contributed by atoms with Crippen LogP contribution in [0.15, 0.2) is 48.5 Å². The molecule has 0 fully saturated rings. The summed E-state index contributed by atoms with van der Waals surface area (Å²) in [6.45, 7) is 4.13. The number of anilines is 1. The number of hydrogen-bond donors (Lipinski definition) is 1. The van der Waals surface area contributed by atoms with Gasteiger partial charge in [-0.05, 0) is 49.4 Å². The number of carbonyl (C=O) groups excluding carboxylic acids is 1. The lowest BCUT2D eigenvalue weighted by molar-refractivity contribution is -0.117. The van der Waals surface area contributed by atoms with E-state index < -0.39 is 0 Å². The number of rotatable bonds is 10. The Balaban J connectivity index is 1.84. The summed E-state index contributed by atoms with van der Waals surface area (Å²) in [7, 11) is 1.57. The first kappa shape index (κ1) is 19.7. The van der Waals surface area contributed by atoms with Crippen molar-refractivity contribution in [3.63, 3.8) is 0 Å². The van der Waals surface area contributed by atoms with Gasteiger partial charge in [0, 0.05) is 6.54 Å². The van der Waals surface area contributed by atoms with E-state index in [1.165, 1.54) is 12.1 Å². The van der Waals surface area contributed by atoms with E-state index in [9.17, 15) is 9.18 Å². The Morgan fingerprint density at radius 3 is 2.54 bits per heavy atom. The van der Waals surface area contributed by atoms with Crippen molar-refractivity contribution in [1.29, 1.82) is 0 Å². The highest BCUT2D eigenvalue weighted by Gasteiger charge is 2.12. The molecule has 0 saturated heterocycles. The molecule has 2 aromatic carbocycles. The van der Waals surface area contributed by atoms with Gasteiger partial charge in [-0.1, -0.05) is 19.1 Å². The third-order valence-corrected chi connectivity index (χ3v) is 3.78. The predicted octanol–water partition coefficient (Wildman–Crippen LogP) is 3.56. The lowest BCUT2D eigenvalue weighted by atomic mass is 10.3. The Kier molecular flexibility index (Phi) is 7.89. The largest absolute Gasteiger partial charge is 0.495 e. The fraction of sp³-hybridized carbons (Fsp3) is 0.350. The molecule has 26 heavy (non-hydrogen) atoms. The monoisotopic (exact) mass is 360 g/mol. The summed E-state index contributed by atoms with van der Waals surface area (Å²) in [5.41, 5.74) is 0.652. The number of amides is 1. The summed E-state index contributed by atoms with van der Waals surface area (Å²) < 4.78 is 23.8. The predicted molar refractivity (Wildman–Crippen MR) is 100 cm³/mol. The molecule has 0 bridgehead atoms. The smallest absolute Gasteiger partial charge is 0.238 e. The van der Waals surface area contributed by atoms with E-state index in [4.69, 9.17) is 9.47 Å². The van der Waals surface area contributed by atoms with E-state index in [2.05, 4.69) is 12.2 Å². The molecular weight excluding hydrogens is 335 g/mol. The SMILES string of the molecule is CCCN(CCOc1ccc(F)cc1)CC(=O)Nc1ccccc1OC. The number of ether oxygens (including phenoxy) is 2. The van der Waals surface area contributed by atoms with E-state index in [1.54, 1.807) is 31.4 Å². The molecule has 1 N–H and O–H groups in total. The number of benzene rings is 2. The van der Waals surface area contributed by atoms with Crippen molar-refractivity contribution in [2.75, 3.05) is 38.7 Å². The maximum atomic E-state index is 12.9. The highest BCUT2D eigenvalue weighted by Crippen LogP contribution is 2.22. The van der Waals surface area contributed by atoms with Gasteiger partial charge >= 0.3 is 0 Å². The molecule has 1 amide bonds. The second-order valence-corrected chi connectivity index (χ2v) is 5.83. The standard InChI is InChI=1S/C20H25FN2O3/c1-3-12-23(13-14-26-17-10-8-16(21)9-11-17)15-20(24)22-18-6-4-5-7-19(18)25-2/h4-11H,3,12-15H2,1-2H3,(H,22,24). The number of halogens is 1. The van der Waals surface area contributed by atoms with E-state index in [-0.39, 0.29) is 18.3 Å². The molecule has 0 saturated carbocycles. The first-order valence-electron chi connectivity index (χ1n) is 8.66. The molecule has 2 aromatic rings. The van der Waals surface area contributed by atoms with E-state index >= 15 is 0 Å². The minimum absolute atomic E-state index is 0.107. The van der Waals surface area contributed by atoms with Crippen LogP contribution >= 0.6 is 0 Å². The molecule has 2 rings (SSSR count).